The smallest absolute Gasteiger partial charge is 0.251 e. The lowest BCUT2D eigenvalue weighted by atomic mass is 10.4. The van der Waals surface area contributed by atoms with E-state index in [0.29, 0.717) is 45.1 Å². The Kier molecular flexibility index (Phi) is 6.84. The highest BCUT2D eigenvalue weighted by molar-refractivity contribution is 5.92. The summed E-state index contributed by atoms with van der Waals surface area (Å²) in [7, 11) is 1.59. The van der Waals surface area contributed by atoms with E-state index in [0.717, 1.165) is 0 Å². The summed E-state index contributed by atoms with van der Waals surface area (Å²) in [4.78, 5) is 23.8. The Morgan fingerprint density at radius 2 is 1.95 bits per heavy atom. The van der Waals surface area contributed by atoms with E-state index in [2.05, 4.69) is 11.9 Å². The van der Waals surface area contributed by atoms with E-state index < -0.39 is 0 Å². The molecule has 0 fully saturated rings. The first-order chi connectivity index (χ1) is 9.15. The van der Waals surface area contributed by atoms with E-state index in [9.17, 15) is 9.59 Å². The normalized spacial score (nSPS) is 14.3. The summed E-state index contributed by atoms with van der Waals surface area (Å²) in [6.45, 7) is 5.93. The maximum atomic E-state index is 11.3. The molecule has 6 heteroatoms. The Bertz CT molecular complexity index is 348. The number of carbonyl (C=O) groups excluding carboxylic acids is 2. The molecule has 0 bridgehead atoms. The number of carbonyl (C=O) groups is 2. The molecular weight excluding hydrogens is 248 g/mol. The van der Waals surface area contributed by atoms with Gasteiger partial charge in [0.25, 0.3) is 5.91 Å². The molecular formula is C13H20N2O4. The number of nitrogens with zero attached hydrogens (tertiary/aromatic N) is 1. The molecule has 1 aliphatic heterocycles. The number of ether oxygens (including phenoxy) is 2. The first-order valence-corrected chi connectivity index (χ1v) is 6.19. The summed E-state index contributed by atoms with van der Waals surface area (Å²) in [6, 6.07) is 0. The molecule has 0 saturated carbocycles. The van der Waals surface area contributed by atoms with Crippen LogP contribution in [0.5, 0.6) is 0 Å². The minimum Gasteiger partial charge on any atom is -0.379 e. The predicted octanol–water partition coefficient (Wildman–Crippen LogP) is 0.0678. The van der Waals surface area contributed by atoms with Gasteiger partial charge in [-0.05, 0) is 6.08 Å². The lowest BCUT2D eigenvalue weighted by molar-refractivity contribution is -0.124. The van der Waals surface area contributed by atoms with Crippen molar-refractivity contribution in [2.45, 2.75) is 6.42 Å². The van der Waals surface area contributed by atoms with Gasteiger partial charge in [0.1, 0.15) is 0 Å². The molecule has 1 heterocycles. The predicted molar refractivity (Wildman–Crippen MR) is 70.3 cm³/mol. The van der Waals surface area contributed by atoms with E-state index in [1.165, 1.54) is 6.08 Å². The van der Waals surface area contributed by atoms with Crippen molar-refractivity contribution in [1.29, 1.82) is 0 Å². The Labute approximate surface area is 113 Å². The van der Waals surface area contributed by atoms with Gasteiger partial charge in [-0.2, -0.15) is 0 Å². The van der Waals surface area contributed by atoms with Crippen LogP contribution in [-0.4, -0.2) is 56.7 Å². The minimum absolute atomic E-state index is 0.0422. The van der Waals surface area contributed by atoms with Crippen molar-refractivity contribution in [2.24, 2.45) is 0 Å². The summed E-state index contributed by atoms with van der Waals surface area (Å²) in [5.74, 6) is -0.102. The molecule has 6 nitrogen and oxygen atoms in total. The lowest BCUT2D eigenvalue weighted by Crippen LogP contribution is -2.28. The number of hydrogen-bond acceptors (Lipinski definition) is 4. The molecule has 0 saturated heterocycles. The maximum Gasteiger partial charge on any atom is 0.251 e. The molecule has 0 atom stereocenters. The molecule has 0 aromatic rings. The fourth-order valence-corrected chi connectivity index (χ4v) is 1.51. The van der Waals surface area contributed by atoms with Gasteiger partial charge in [0.05, 0.1) is 26.4 Å². The first kappa shape index (κ1) is 15.4. The van der Waals surface area contributed by atoms with Crippen molar-refractivity contribution in [3.8, 4) is 0 Å². The number of allylic oxidation sites excluding steroid dienone is 1. The van der Waals surface area contributed by atoms with Gasteiger partial charge in [0.2, 0.25) is 5.91 Å². The van der Waals surface area contributed by atoms with Gasteiger partial charge in [-0.3, -0.25) is 9.59 Å². The Morgan fingerprint density at radius 1 is 1.26 bits per heavy atom. The van der Waals surface area contributed by atoms with Gasteiger partial charge in [0.15, 0.2) is 0 Å². The van der Waals surface area contributed by atoms with Crippen molar-refractivity contribution in [1.82, 2.24) is 10.2 Å². The number of hydrogen-bond donors (Lipinski definition) is 1. The highest BCUT2D eigenvalue weighted by Gasteiger charge is 2.17. The van der Waals surface area contributed by atoms with Gasteiger partial charge in [0, 0.05) is 31.8 Å². The summed E-state index contributed by atoms with van der Waals surface area (Å²) in [6.07, 6.45) is 3.53. The van der Waals surface area contributed by atoms with Crippen LogP contribution in [0.2, 0.25) is 0 Å². The second-order valence-electron chi connectivity index (χ2n) is 3.96. The largest absolute Gasteiger partial charge is 0.379 e. The third kappa shape index (κ3) is 5.67. The lowest BCUT2D eigenvalue weighted by Gasteiger charge is -2.16. The van der Waals surface area contributed by atoms with Crippen LogP contribution in [0.1, 0.15) is 6.42 Å². The van der Waals surface area contributed by atoms with Crippen molar-refractivity contribution in [3.05, 3.63) is 24.4 Å². The Balaban J connectivity index is 1.93. The minimum atomic E-state index is -0.0598. The van der Waals surface area contributed by atoms with Crippen LogP contribution in [0.4, 0.5) is 0 Å². The molecule has 19 heavy (non-hydrogen) atoms. The molecule has 2 amide bonds. The average molecular weight is 268 g/mol. The summed E-state index contributed by atoms with van der Waals surface area (Å²) < 4.78 is 10.6. The van der Waals surface area contributed by atoms with Gasteiger partial charge in [-0.1, -0.05) is 6.58 Å². The highest BCUT2D eigenvalue weighted by Crippen LogP contribution is 2.11. The van der Waals surface area contributed by atoms with E-state index in [-0.39, 0.29) is 11.8 Å². The third-order valence-electron chi connectivity index (χ3n) is 2.61. The molecule has 0 aromatic heterocycles. The molecule has 1 rings (SSSR count). The molecule has 0 unspecified atom stereocenters. The SMILES string of the molecule is C=C1C=CC(=O)N1CCOCCOCCC(=O)NC. The molecule has 0 aliphatic carbocycles. The van der Waals surface area contributed by atoms with Crippen LogP contribution >= 0.6 is 0 Å². The number of amides is 2. The maximum absolute atomic E-state index is 11.3. The fraction of sp³-hybridized carbons (Fsp3) is 0.538. The van der Waals surface area contributed by atoms with Gasteiger partial charge in [-0.15, -0.1) is 0 Å². The van der Waals surface area contributed by atoms with Gasteiger partial charge < -0.3 is 19.7 Å². The second kappa shape index (κ2) is 8.44. The Hall–Kier alpha value is -1.66. The van der Waals surface area contributed by atoms with Crippen LogP contribution < -0.4 is 5.32 Å². The molecule has 106 valence electrons. The monoisotopic (exact) mass is 268 g/mol. The number of rotatable bonds is 9. The van der Waals surface area contributed by atoms with E-state index >= 15 is 0 Å². The zero-order chi connectivity index (χ0) is 14.1. The molecule has 0 radical (unpaired) electrons. The molecule has 0 spiro atoms. The first-order valence-electron chi connectivity index (χ1n) is 6.19. The van der Waals surface area contributed by atoms with E-state index in [1.54, 1.807) is 18.0 Å². The summed E-state index contributed by atoms with van der Waals surface area (Å²) in [5, 5.41) is 2.51. The summed E-state index contributed by atoms with van der Waals surface area (Å²) in [5.41, 5.74) is 0.690. The van der Waals surface area contributed by atoms with Gasteiger partial charge >= 0.3 is 0 Å². The van der Waals surface area contributed by atoms with Gasteiger partial charge in [-0.25, -0.2) is 0 Å². The molecule has 0 aromatic carbocycles. The molecule has 1 N–H and O–H groups in total. The van der Waals surface area contributed by atoms with Crippen molar-refractivity contribution >= 4 is 11.8 Å². The highest BCUT2D eigenvalue weighted by atomic mass is 16.5. The van der Waals surface area contributed by atoms with Crippen LogP contribution in [0, 0.1) is 0 Å². The van der Waals surface area contributed by atoms with Crippen LogP contribution in [0.15, 0.2) is 24.4 Å². The standard InChI is InChI=1S/C13H20N2O4/c1-11-3-4-13(17)15(11)6-8-19-10-9-18-7-5-12(16)14-2/h3-4H,1,5-10H2,2H3,(H,14,16). The quantitative estimate of drug-likeness (QED) is 0.601. The van der Waals surface area contributed by atoms with Crippen LogP contribution in [0.3, 0.4) is 0 Å². The van der Waals surface area contributed by atoms with Crippen molar-refractivity contribution in [3.63, 3.8) is 0 Å². The second-order valence-corrected chi connectivity index (χ2v) is 3.96. The van der Waals surface area contributed by atoms with Crippen molar-refractivity contribution < 1.29 is 19.1 Å². The van der Waals surface area contributed by atoms with Crippen molar-refractivity contribution in [2.75, 3.05) is 40.0 Å². The average Bonchev–Trinajstić information content (AvgIpc) is 2.72. The number of nitrogens with one attached hydrogen (secondary N) is 1. The summed E-state index contributed by atoms with van der Waals surface area (Å²) >= 11 is 0. The fourth-order valence-electron chi connectivity index (χ4n) is 1.51. The topological polar surface area (TPSA) is 67.9 Å². The zero-order valence-electron chi connectivity index (χ0n) is 11.2. The van der Waals surface area contributed by atoms with Crippen LogP contribution in [0.25, 0.3) is 0 Å². The van der Waals surface area contributed by atoms with E-state index in [4.69, 9.17) is 9.47 Å². The zero-order valence-corrected chi connectivity index (χ0v) is 11.2. The van der Waals surface area contributed by atoms with E-state index in [1.807, 2.05) is 0 Å². The Morgan fingerprint density at radius 3 is 2.53 bits per heavy atom. The van der Waals surface area contributed by atoms with Crippen LogP contribution in [-0.2, 0) is 19.1 Å². The third-order valence-corrected chi connectivity index (χ3v) is 2.61. The molecule has 1 aliphatic rings.